The molecule has 0 aromatic heterocycles. The van der Waals surface area contributed by atoms with Crippen molar-refractivity contribution in [2.45, 2.75) is 12.4 Å². The van der Waals surface area contributed by atoms with Gasteiger partial charge in [-0.3, -0.25) is 9.59 Å². The summed E-state index contributed by atoms with van der Waals surface area (Å²) in [4.78, 5) is 22.3. The third-order valence-electron chi connectivity index (χ3n) is 2.50. The van der Waals surface area contributed by atoms with Crippen LogP contribution in [0.1, 0.15) is 11.1 Å². The van der Waals surface area contributed by atoms with Gasteiger partial charge in [0.15, 0.2) is 0 Å². The Balaban J connectivity index is 0.00000529. The first-order valence-corrected chi connectivity index (χ1v) is 5.99. The Hall–Kier alpha value is -2.01. The molecule has 0 fully saturated rings. The molecular formula is C12H12ClF6N3O2. The van der Waals surface area contributed by atoms with Gasteiger partial charge in [0.25, 0.3) is 0 Å². The zero-order chi connectivity index (χ0) is 17.8. The average molecular weight is 380 g/mol. The maximum atomic E-state index is 12.6. The molecule has 0 saturated carbocycles. The van der Waals surface area contributed by atoms with Crippen LogP contribution in [0.15, 0.2) is 18.2 Å². The molecule has 1 aromatic rings. The highest BCUT2D eigenvalue weighted by atomic mass is 35.5. The zero-order valence-corrected chi connectivity index (χ0v) is 12.5. The average Bonchev–Trinajstić information content (AvgIpc) is 2.42. The van der Waals surface area contributed by atoms with Gasteiger partial charge >= 0.3 is 12.4 Å². The van der Waals surface area contributed by atoms with E-state index in [4.69, 9.17) is 5.73 Å². The number of hydrogen-bond donors (Lipinski definition) is 3. The van der Waals surface area contributed by atoms with Gasteiger partial charge < -0.3 is 16.4 Å². The molecule has 2 amide bonds. The van der Waals surface area contributed by atoms with E-state index in [-0.39, 0.29) is 18.5 Å². The van der Waals surface area contributed by atoms with Crippen molar-refractivity contribution < 1.29 is 35.9 Å². The third-order valence-corrected chi connectivity index (χ3v) is 2.50. The van der Waals surface area contributed by atoms with Gasteiger partial charge in [0.05, 0.1) is 24.2 Å². The quantitative estimate of drug-likeness (QED) is 0.701. The molecule has 0 aliphatic carbocycles. The fourth-order valence-corrected chi connectivity index (χ4v) is 1.48. The SMILES string of the molecule is Cl.NCC(=O)NCC(=O)Nc1cc(C(F)(F)F)cc(C(F)(F)F)c1. The van der Waals surface area contributed by atoms with E-state index in [9.17, 15) is 35.9 Å². The van der Waals surface area contributed by atoms with Crippen LogP contribution in [0.3, 0.4) is 0 Å². The molecule has 12 heteroatoms. The Morgan fingerprint density at radius 1 is 0.917 bits per heavy atom. The summed E-state index contributed by atoms with van der Waals surface area (Å²) in [6, 6.07) is 0.654. The largest absolute Gasteiger partial charge is 0.416 e. The smallest absolute Gasteiger partial charge is 0.346 e. The highest BCUT2D eigenvalue weighted by Crippen LogP contribution is 2.37. The first-order valence-electron chi connectivity index (χ1n) is 5.99. The number of hydrogen-bond acceptors (Lipinski definition) is 3. The summed E-state index contributed by atoms with van der Waals surface area (Å²) < 4.78 is 75.7. The molecule has 0 atom stereocenters. The topological polar surface area (TPSA) is 84.2 Å². The summed E-state index contributed by atoms with van der Waals surface area (Å²) >= 11 is 0. The third kappa shape index (κ3) is 6.62. The Morgan fingerprint density at radius 3 is 1.75 bits per heavy atom. The Bertz CT molecular complexity index is 571. The van der Waals surface area contributed by atoms with Crippen LogP contribution in [-0.2, 0) is 21.9 Å². The van der Waals surface area contributed by atoms with Gasteiger partial charge in [0.2, 0.25) is 11.8 Å². The van der Waals surface area contributed by atoms with Crippen LogP contribution >= 0.6 is 12.4 Å². The highest BCUT2D eigenvalue weighted by molar-refractivity contribution is 5.94. The van der Waals surface area contributed by atoms with Crippen molar-refractivity contribution in [2.24, 2.45) is 5.73 Å². The fraction of sp³-hybridized carbons (Fsp3) is 0.333. The molecule has 0 unspecified atom stereocenters. The lowest BCUT2D eigenvalue weighted by atomic mass is 10.1. The maximum Gasteiger partial charge on any atom is 0.416 e. The van der Waals surface area contributed by atoms with Crippen LogP contribution < -0.4 is 16.4 Å². The normalized spacial score (nSPS) is 11.5. The van der Waals surface area contributed by atoms with Gasteiger partial charge in [0, 0.05) is 5.69 Å². The van der Waals surface area contributed by atoms with Gasteiger partial charge in [-0.05, 0) is 18.2 Å². The second-order valence-electron chi connectivity index (χ2n) is 4.32. The van der Waals surface area contributed by atoms with Crippen LogP contribution in [0, 0.1) is 0 Å². The maximum absolute atomic E-state index is 12.6. The Morgan fingerprint density at radius 2 is 1.38 bits per heavy atom. The highest BCUT2D eigenvalue weighted by Gasteiger charge is 2.37. The first kappa shape index (κ1) is 22.0. The minimum absolute atomic E-state index is 0. The summed E-state index contributed by atoms with van der Waals surface area (Å²) in [5.41, 5.74) is 1.13. The predicted octanol–water partition coefficient (Wildman–Crippen LogP) is 2.16. The number of carbonyl (C=O) groups is 2. The monoisotopic (exact) mass is 379 g/mol. The molecule has 0 saturated heterocycles. The van der Waals surface area contributed by atoms with Crippen LogP contribution in [0.25, 0.3) is 0 Å². The van der Waals surface area contributed by atoms with E-state index in [0.29, 0.717) is 12.1 Å². The van der Waals surface area contributed by atoms with Crippen LogP contribution in [0.4, 0.5) is 32.0 Å². The van der Waals surface area contributed by atoms with Crippen molar-refractivity contribution in [3.63, 3.8) is 0 Å². The molecule has 0 heterocycles. The zero-order valence-electron chi connectivity index (χ0n) is 11.7. The van der Waals surface area contributed by atoms with E-state index in [1.54, 1.807) is 0 Å². The molecule has 0 bridgehead atoms. The molecule has 24 heavy (non-hydrogen) atoms. The van der Waals surface area contributed by atoms with Crippen molar-refractivity contribution in [2.75, 3.05) is 18.4 Å². The van der Waals surface area contributed by atoms with E-state index in [1.165, 1.54) is 0 Å². The van der Waals surface area contributed by atoms with Crippen molar-refractivity contribution >= 4 is 29.9 Å². The second-order valence-corrected chi connectivity index (χ2v) is 4.32. The van der Waals surface area contributed by atoms with Gasteiger partial charge in [-0.15, -0.1) is 12.4 Å². The summed E-state index contributed by atoms with van der Waals surface area (Å²) in [5.74, 6) is -1.71. The molecule has 0 radical (unpaired) electrons. The lowest BCUT2D eigenvalue weighted by Gasteiger charge is -2.14. The second kappa shape index (κ2) is 8.20. The minimum atomic E-state index is -5.02. The predicted molar refractivity (Wildman–Crippen MR) is 74.4 cm³/mol. The van der Waals surface area contributed by atoms with Crippen molar-refractivity contribution in [3.8, 4) is 0 Å². The van der Waals surface area contributed by atoms with Crippen LogP contribution in [0.2, 0.25) is 0 Å². The Kier molecular flexibility index (Phi) is 7.51. The fourth-order valence-electron chi connectivity index (χ4n) is 1.48. The number of benzene rings is 1. The standard InChI is InChI=1S/C12H11F6N3O2.ClH/c13-11(14,15)6-1-7(12(16,17)18)3-8(2-6)21-10(23)5-20-9(22)4-19;/h1-3H,4-5,19H2,(H,20,22)(H,21,23);1H. The first-order chi connectivity index (χ1) is 10.4. The molecule has 5 nitrogen and oxygen atoms in total. The molecule has 0 aliphatic rings. The van der Waals surface area contributed by atoms with Gasteiger partial charge in [-0.25, -0.2) is 0 Å². The lowest BCUT2D eigenvalue weighted by Crippen LogP contribution is -2.36. The number of alkyl halides is 6. The van der Waals surface area contributed by atoms with Crippen molar-refractivity contribution in [3.05, 3.63) is 29.3 Å². The van der Waals surface area contributed by atoms with Crippen LogP contribution in [0.5, 0.6) is 0 Å². The van der Waals surface area contributed by atoms with Gasteiger partial charge in [0.1, 0.15) is 0 Å². The molecule has 1 rings (SSSR count). The summed E-state index contributed by atoms with van der Waals surface area (Å²) in [7, 11) is 0. The van der Waals surface area contributed by atoms with Gasteiger partial charge in [-0.1, -0.05) is 0 Å². The number of nitrogens with two attached hydrogens (primary N) is 1. The van der Waals surface area contributed by atoms with Gasteiger partial charge in [-0.2, -0.15) is 26.3 Å². The number of carbonyl (C=O) groups excluding carboxylic acids is 2. The number of anilines is 1. The van der Waals surface area contributed by atoms with E-state index in [1.807, 2.05) is 10.6 Å². The number of nitrogens with one attached hydrogen (secondary N) is 2. The molecule has 136 valence electrons. The Labute approximate surface area is 138 Å². The van der Waals surface area contributed by atoms with E-state index < -0.39 is 54.1 Å². The molecule has 0 aliphatic heterocycles. The summed E-state index contributed by atoms with van der Waals surface area (Å²) in [6.45, 7) is -1.07. The number of rotatable bonds is 4. The molecule has 0 spiro atoms. The number of amides is 2. The van der Waals surface area contributed by atoms with E-state index >= 15 is 0 Å². The van der Waals surface area contributed by atoms with Crippen molar-refractivity contribution in [1.82, 2.24) is 5.32 Å². The van der Waals surface area contributed by atoms with Crippen LogP contribution in [-0.4, -0.2) is 24.9 Å². The summed E-state index contributed by atoms with van der Waals surface area (Å²) in [6.07, 6.45) is -10.0. The number of halogens is 7. The minimum Gasteiger partial charge on any atom is -0.346 e. The molecule has 4 N–H and O–H groups in total. The van der Waals surface area contributed by atoms with Crippen molar-refractivity contribution in [1.29, 1.82) is 0 Å². The molecular weight excluding hydrogens is 368 g/mol. The summed E-state index contributed by atoms with van der Waals surface area (Å²) in [5, 5.41) is 3.87. The molecule has 1 aromatic carbocycles. The van der Waals surface area contributed by atoms with E-state index in [0.717, 1.165) is 0 Å². The lowest BCUT2D eigenvalue weighted by molar-refractivity contribution is -0.143. The van der Waals surface area contributed by atoms with E-state index in [2.05, 4.69) is 0 Å².